The normalized spacial score (nSPS) is 11.1. The maximum absolute atomic E-state index is 11.1. The van der Waals surface area contributed by atoms with Crippen molar-refractivity contribution >= 4 is 9.84 Å². The van der Waals surface area contributed by atoms with Gasteiger partial charge in [-0.15, -0.1) is 0 Å². The number of nitrogens with zero attached hydrogens (tertiary/aromatic N) is 2. The first-order valence-corrected chi connectivity index (χ1v) is 5.53. The molecule has 0 saturated carbocycles. The molecular weight excluding hydrogens is 208 g/mol. The Labute approximate surface area is 81.8 Å². The molecule has 1 rings (SSSR count). The van der Waals surface area contributed by atoms with Gasteiger partial charge < -0.3 is 9.47 Å². The van der Waals surface area contributed by atoms with Crippen molar-refractivity contribution in [2.24, 2.45) is 0 Å². The van der Waals surface area contributed by atoms with Crippen LogP contribution in [0.1, 0.15) is 0 Å². The van der Waals surface area contributed by atoms with Crippen molar-refractivity contribution in [3.8, 4) is 11.6 Å². The van der Waals surface area contributed by atoms with Crippen LogP contribution in [0.4, 0.5) is 0 Å². The van der Waals surface area contributed by atoms with E-state index in [1.54, 1.807) is 0 Å². The Morgan fingerprint density at radius 2 is 1.93 bits per heavy atom. The first-order chi connectivity index (χ1) is 6.49. The van der Waals surface area contributed by atoms with Gasteiger partial charge >= 0.3 is 0 Å². The zero-order valence-electron chi connectivity index (χ0n) is 8.01. The molecule has 0 N–H and O–H groups in total. The minimum atomic E-state index is -3.42. The zero-order chi connectivity index (χ0) is 10.8. The first-order valence-electron chi connectivity index (χ1n) is 3.64. The van der Waals surface area contributed by atoms with Crippen LogP contribution < -0.4 is 9.47 Å². The predicted octanol–water partition coefficient (Wildman–Crippen LogP) is -0.103. The molecule has 7 heteroatoms. The Morgan fingerprint density at radius 3 is 2.36 bits per heavy atom. The van der Waals surface area contributed by atoms with Crippen molar-refractivity contribution in [2.45, 2.75) is 5.16 Å². The van der Waals surface area contributed by atoms with Gasteiger partial charge in [0, 0.05) is 6.26 Å². The number of hydrogen-bond acceptors (Lipinski definition) is 6. The summed E-state index contributed by atoms with van der Waals surface area (Å²) in [6, 6.07) is 0. The maximum Gasteiger partial charge on any atom is 0.261 e. The summed E-state index contributed by atoms with van der Waals surface area (Å²) in [7, 11) is -0.628. The second-order valence-electron chi connectivity index (χ2n) is 2.50. The number of methoxy groups -OCH3 is 2. The minimum Gasteiger partial charge on any atom is -0.490 e. The van der Waals surface area contributed by atoms with E-state index in [9.17, 15) is 8.42 Å². The topological polar surface area (TPSA) is 78.4 Å². The van der Waals surface area contributed by atoms with Gasteiger partial charge in [0.1, 0.15) is 0 Å². The quantitative estimate of drug-likeness (QED) is 0.659. The molecule has 0 aromatic carbocycles. The third-order valence-corrected chi connectivity index (χ3v) is 2.31. The van der Waals surface area contributed by atoms with E-state index < -0.39 is 9.84 Å². The summed E-state index contributed by atoms with van der Waals surface area (Å²) in [4.78, 5) is 7.31. The lowest BCUT2D eigenvalue weighted by atomic mass is 10.6. The van der Waals surface area contributed by atoms with Crippen LogP contribution in [0, 0.1) is 0 Å². The van der Waals surface area contributed by atoms with Crippen LogP contribution in [0.25, 0.3) is 0 Å². The molecule has 0 atom stereocenters. The number of hydrogen-bond donors (Lipinski definition) is 0. The molecule has 0 aliphatic heterocycles. The Bertz CT molecular complexity index is 429. The summed E-state index contributed by atoms with van der Waals surface area (Å²) in [5.74, 6) is 0.392. The predicted molar refractivity (Wildman–Crippen MR) is 48.2 cm³/mol. The van der Waals surface area contributed by atoms with Crippen molar-refractivity contribution in [3.05, 3.63) is 6.20 Å². The van der Waals surface area contributed by atoms with Gasteiger partial charge in [-0.25, -0.2) is 13.4 Å². The van der Waals surface area contributed by atoms with Crippen molar-refractivity contribution < 1.29 is 17.9 Å². The summed E-state index contributed by atoms with van der Waals surface area (Å²) < 4.78 is 31.8. The van der Waals surface area contributed by atoms with Gasteiger partial charge in [-0.3, -0.25) is 0 Å². The number of ether oxygens (including phenoxy) is 2. The largest absolute Gasteiger partial charge is 0.490 e. The van der Waals surface area contributed by atoms with Gasteiger partial charge in [0.25, 0.3) is 5.88 Å². The average molecular weight is 218 g/mol. The molecule has 0 spiro atoms. The summed E-state index contributed by atoms with van der Waals surface area (Å²) in [6.07, 6.45) is 2.27. The Morgan fingerprint density at radius 1 is 1.29 bits per heavy atom. The standard InChI is InChI=1S/C7H10N2O4S/c1-12-5-4-8-7(14(3,10)11)9-6(5)13-2/h4H,1-3H3. The SMILES string of the molecule is COc1cnc(S(C)(=O)=O)nc1OC. The van der Waals surface area contributed by atoms with Gasteiger partial charge in [-0.2, -0.15) is 4.98 Å². The lowest BCUT2D eigenvalue weighted by Crippen LogP contribution is -2.05. The van der Waals surface area contributed by atoms with Crippen LogP contribution in [0.2, 0.25) is 0 Å². The van der Waals surface area contributed by atoms with Crippen LogP contribution in [0.3, 0.4) is 0 Å². The van der Waals surface area contributed by atoms with Crippen LogP contribution >= 0.6 is 0 Å². The molecule has 1 aromatic heterocycles. The average Bonchev–Trinajstić information content (AvgIpc) is 2.15. The zero-order valence-corrected chi connectivity index (χ0v) is 8.83. The Kier molecular flexibility index (Phi) is 2.90. The first kappa shape index (κ1) is 10.7. The second kappa shape index (κ2) is 3.79. The molecular formula is C7H10N2O4S. The van der Waals surface area contributed by atoms with Crippen LogP contribution in [-0.4, -0.2) is 38.9 Å². The summed E-state index contributed by atoms with van der Waals surface area (Å²) in [5, 5.41) is -0.282. The molecule has 0 bridgehead atoms. The highest BCUT2D eigenvalue weighted by Gasteiger charge is 2.15. The highest BCUT2D eigenvalue weighted by atomic mass is 32.2. The van der Waals surface area contributed by atoms with Crippen molar-refractivity contribution in [3.63, 3.8) is 0 Å². The fraction of sp³-hybridized carbons (Fsp3) is 0.429. The minimum absolute atomic E-state index is 0.0999. The molecule has 1 heterocycles. The van der Waals surface area contributed by atoms with Gasteiger partial charge in [-0.05, 0) is 0 Å². The van der Waals surface area contributed by atoms with E-state index in [0.29, 0.717) is 5.75 Å². The summed E-state index contributed by atoms with van der Waals surface area (Å²) in [5.41, 5.74) is 0. The lowest BCUT2D eigenvalue weighted by molar-refractivity contribution is 0.336. The van der Waals surface area contributed by atoms with Crippen LogP contribution in [0.5, 0.6) is 11.6 Å². The van der Waals surface area contributed by atoms with E-state index in [1.807, 2.05) is 0 Å². The van der Waals surface area contributed by atoms with E-state index in [-0.39, 0.29) is 11.0 Å². The highest BCUT2D eigenvalue weighted by molar-refractivity contribution is 7.90. The number of aromatic nitrogens is 2. The summed E-state index contributed by atoms with van der Waals surface area (Å²) >= 11 is 0. The summed E-state index contributed by atoms with van der Waals surface area (Å²) in [6.45, 7) is 0. The number of sulfone groups is 1. The second-order valence-corrected chi connectivity index (χ2v) is 4.41. The van der Waals surface area contributed by atoms with Crippen molar-refractivity contribution in [1.29, 1.82) is 0 Å². The smallest absolute Gasteiger partial charge is 0.261 e. The molecule has 0 fully saturated rings. The van der Waals surface area contributed by atoms with Gasteiger partial charge in [0.2, 0.25) is 15.0 Å². The molecule has 0 radical (unpaired) electrons. The van der Waals surface area contributed by atoms with Gasteiger partial charge in [0.05, 0.1) is 20.4 Å². The maximum atomic E-state index is 11.1. The van der Waals surface area contributed by atoms with E-state index in [2.05, 4.69) is 9.97 Å². The van der Waals surface area contributed by atoms with Crippen molar-refractivity contribution in [2.75, 3.05) is 20.5 Å². The van der Waals surface area contributed by atoms with Gasteiger partial charge in [-0.1, -0.05) is 0 Å². The third kappa shape index (κ3) is 2.11. The molecule has 0 aliphatic carbocycles. The monoisotopic (exact) mass is 218 g/mol. The third-order valence-electron chi connectivity index (χ3n) is 1.45. The van der Waals surface area contributed by atoms with Gasteiger partial charge in [0.15, 0.2) is 5.75 Å². The molecule has 14 heavy (non-hydrogen) atoms. The highest BCUT2D eigenvalue weighted by Crippen LogP contribution is 2.23. The van der Waals surface area contributed by atoms with Crippen LogP contribution in [-0.2, 0) is 9.84 Å². The van der Waals surface area contributed by atoms with E-state index in [1.165, 1.54) is 20.4 Å². The molecule has 6 nitrogen and oxygen atoms in total. The number of rotatable bonds is 3. The Balaban J connectivity index is 3.28. The molecule has 0 aliphatic rings. The molecule has 0 unspecified atom stereocenters. The van der Waals surface area contributed by atoms with E-state index in [0.717, 1.165) is 6.26 Å². The fourth-order valence-electron chi connectivity index (χ4n) is 0.805. The van der Waals surface area contributed by atoms with E-state index >= 15 is 0 Å². The van der Waals surface area contributed by atoms with Crippen LogP contribution in [0.15, 0.2) is 11.4 Å². The van der Waals surface area contributed by atoms with E-state index in [4.69, 9.17) is 9.47 Å². The fourth-order valence-corrected chi connectivity index (χ4v) is 1.30. The van der Waals surface area contributed by atoms with Crippen molar-refractivity contribution in [1.82, 2.24) is 9.97 Å². The molecule has 1 aromatic rings. The molecule has 0 amide bonds. The lowest BCUT2D eigenvalue weighted by Gasteiger charge is -2.05. The Hall–Kier alpha value is -1.37. The molecule has 78 valence electrons. The molecule has 0 saturated heterocycles.